The van der Waals surface area contributed by atoms with Crippen molar-refractivity contribution in [2.24, 2.45) is 0 Å². The Balaban J connectivity index is 1.27. The molecule has 3 aromatic rings. The zero-order valence-corrected chi connectivity index (χ0v) is 17.7. The number of carbonyl (C=O) groups is 1. The van der Waals surface area contributed by atoms with Gasteiger partial charge in [0.2, 0.25) is 5.91 Å². The van der Waals surface area contributed by atoms with E-state index in [-0.39, 0.29) is 5.91 Å². The Morgan fingerprint density at radius 2 is 1.83 bits per heavy atom. The lowest BCUT2D eigenvalue weighted by molar-refractivity contribution is -0.132. The van der Waals surface area contributed by atoms with E-state index in [1.54, 1.807) is 18.4 Å². The minimum Gasteiger partial charge on any atom is -0.497 e. The number of nitrogens with zero attached hydrogens (tertiary/aromatic N) is 4. The molecule has 1 amide bonds. The summed E-state index contributed by atoms with van der Waals surface area (Å²) in [6.45, 7) is 4.30. The number of rotatable bonds is 6. The Bertz CT molecular complexity index is 931. The number of amides is 1. The fourth-order valence-corrected chi connectivity index (χ4v) is 4.66. The van der Waals surface area contributed by atoms with Crippen molar-refractivity contribution in [3.63, 3.8) is 0 Å². The van der Waals surface area contributed by atoms with Crippen molar-refractivity contribution < 1.29 is 9.53 Å². The molecule has 2 heterocycles. The maximum atomic E-state index is 12.7. The summed E-state index contributed by atoms with van der Waals surface area (Å²) < 4.78 is 6.41. The minimum atomic E-state index is 0.183. The van der Waals surface area contributed by atoms with E-state index in [0.717, 1.165) is 42.5 Å². The molecule has 0 radical (unpaired) electrons. The second-order valence-corrected chi connectivity index (χ2v) is 8.43. The van der Waals surface area contributed by atoms with Crippen molar-refractivity contribution >= 4 is 33.1 Å². The molecule has 1 aliphatic heterocycles. The van der Waals surface area contributed by atoms with Gasteiger partial charge in [0.15, 0.2) is 0 Å². The van der Waals surface area contributed by atoms with Gasteiger partial charge < -0.3 is 14.5 Å². The van der Waals surface area contributed by atoms with Crippen LogP contribution in [0.1, 0.15) is 5.01 Å². The average molecular weight is 411 g/mol. The molecule has 6 nitrogen and oxygen atoms in total. The molecule has 152 valence electrons. The maximum Gasteiger partial charge on any atom is 0.236 e. The van der Waals surface area contributed by atoms with Gasteiger partial charge in [-0.15, -0.1) is 11.3 Å². The lowest BCUT2D eigenvalue weighted by Gasteiger charge is -2.36. The predicted molar refractivity (Wildman–Crippen MR) is 118 cm³/mol. The van der Waals surface area contributed by atoms with Gasteiger partial charge in [0.1, 0.15) is 10.8 Å². The number of hydrogen-bond donors (Lipinski definition) is 0. The van der Waals surface area contributed by atoms with Crippen LogP contribution in [0.2, 0.25) is 0 Å². The number of benzene rings is 2. The largest absolute Gasteiger partial charge is 0.497 e. The topological polar surface area (TPSA) is 48.9 Å². The minimum absolute atomic E-state index is 0.183. The van der Waals surface area contributed by atoms with Crippen LogP contribution >= 0.6 is 11.3 Å². The van der Waals surface area contributed by atoms with Crippen LogP contribution in [0, 0.1) is 0 Å². The van der Waals surface area contributed by atoms with Gasteiger partial charge in [-0.05, 0) is 43.4 Å². The first-order chi connectivity index (χ1) is 14.1. The van der Waals surface area contributed by atoms with E-state index in [1.807, 2.05) is 42.3 Å². The zero-order valence-electron chi connectivity index (χ0n) is 16.9. The van der Waals surface area contributed by atoms with Crippen LogP contribution in [0.4, 0.5) is 5.69 Å². The SMILES string of the molecule is COc1ccc(N2CCN(C(=O)CN(C)Cc3nc4ccccc4s3)CC2)cc1. The number of hydrogen-bond acceptors (Lipinski definition) is 6. The number of anilines is 1. The fraction of sp³-hybridized carbons (Fsp3) is 0.364. The summed E-state index contributed by atoms with van der Waals surface area (Å²) in [4.78, 5) is 23.7. The molecule has 4 rings (SSSR count). The van der Waals surface area contributed by atoms with Crippen molar-refractivity contribution in [2.75, 3.05) is 51.8 Å². The summed E-state index contributed by atoms with van der Waals surface area (Å²) in [6.07, 6.45) is 0. The van der Waals surface area contributed by atoms with E-state index in [9.17, 15) is 4.79 Å². The van der Waals surface area contributed by atoms with Crippen LogP contribution in [0.15, 0.2) is 48.5 Å². The predicted octanol–water partition coefficient (Wildman–Crippen LogP) is 3.09. The first-order valence-electron chi connectivity index (χ1n) is 9.82. The number of piperazine rings is 1. The normalized spacial score (nSPS) is 14.6. The zero-order chi connectivity index (χ0) is 20.2. The van der Waals surface area contributed by atoms with E-state index in [2.05, 4.69) is 33.0 Å². The van der Waals surface area contributed by atoms with Crippen molar-refractivity contribution in [1.29, 1.82) is 0 Å². The molecule has 0 unspecified atom stereocenters. The number of aromatic nitrogens is 1. The molecule has 1 fully saturated rings. The number of ether oxygens (including phenoxy) is 1. The molecule has 0 aliphatic carbocycles. The molecule has 1 saturated heterocycles. The number of carbonyl (C=O) groups excluding carboxylic acids is 1. The van der Waals surface area contributed by atoms with Gasteiger partial charge >= 0.3 is 0 Å². The highest BCUT2D eigenvalue weighted by Crippen LogP contribution is 2.23. The van der Waals surface area contributed by atoms with Gasteiger partial charge in [-0.2, -0.15) is 0 Å². The van der Waals surface area contributed by atoms with Crippen molar-refractivity contribution in [3.8, 4) is 5.75 Å². The van der Waals surface area contributed by atoms with E-state index >= 15 is 0 Å². The van der Waals surface area contributed by atoms with Crippen molar-refractivity contribution in [2.45, 2.75) is 6.54 Å². The van der Waals surface area contributed by atoms with Crippen LogP contribution in [0.5, 0.6) is 5.75 Å². The third kappa shape index (κ3) is 4.68. The van der Waals surface area contributed by atoms with Crippen molar-refractivity contribution in [1.82, 2.24) is 14.8 Å². The first-order valence-corrected chi connectivity index (χ1v) is 10.6. The van der Waals surface area contributed by atoms with Crippen LogP contribution in [-0.2, 0) is 11.3 Å². The van der Waals surface area contributed by atoms with Gasteiger partial charge in [-0.3, -0.25) is 9.69 Å². The molecule has 0 N–H and O–H groups in total. The quantitative estimate of drug-likeness (QED) is 0.625. The van der Waals surface area contributed by atoms with Crippen LogP contribution in [0.3, 0.4) is 0 Å². The third-order valence-corrected chi connectivity index (χ3v) is 6.24. The van der Waals surface area contributed by atoms with E-state index in [1.165, 1.54) is 10.4 Å². The molecular formula is C22H26N4O2S. The summed E-state index contributed by atoms with van der Waals surface area (Å²) in [5.74, 6) is 1.04. The first kappa shape index (κ1) is 19.7. The Labute approximate surface area is 175 Å². The fourth-order valence-electron chi connectivity index (χ4n) is 3.61. The summed E-state index contributed by atoms with van der Waals surface area (Å²) in [6, 6.07) is 16.2. The molecule has 0 spiro atoms. The van der Waals surface area contributed by atoms with E-state index in [0.29, 0.717) is 13.1 Å². The summed E-state index contributed by atoms with van der Waals surface area (Å²) in [7, 11) is 3.66. The molecule has 0 atom stereocenters. The smallest absolute Gasteiger partial charge is 0.236 e. The molecule has 0 bridgehead atoms. The van der Waals surface area contributed by atoms with Gasteiger partial charge in [-0.1, -0.05) is 12.1 Å². The van der Waals surface area contributed by atoms with Gasteiger partial charge in [0.05, 0.1) is 30.4 Å². The van der Waals surface area contributed by atoms with Crippen LogP contribution < -0.4 is 9.64 Å². The standard InChI is InChI=1S/C22H26N4O2S/c1-24(15-21-23-19-5-3-4-6-20(19)29-21)16-22(27)26-13-11-25(12-14-26)17-7-9-18(28-2)10-8-17/h3-10H,11-16H2,1-2H3. The molecule has 1 aliphatic rings. The molecule has 0 saturated carbocycles. The number of thiazole rings is 1. The van der Waals surface area contributed by atoms with E-state index in [4.69, 9.17) is 4.74 Å². The maximum absolute atomic E-state index is 12.7. The highest BCUT2D eigenvalue weighted by molar-refractivity contribution is 7.18. The van der Waals surface area contributed by atoms with Gasteiger partial charge in [-0.25, -0.2) is 4.98 Å². The summed E-state index contributed by atoms with van der Waals surface area (Å²) in [5, 5.41) is 1.05. The van der Waals surface area contributed by atoms with Crippen LogP contribution in [0.25, 0.3) is 10.2 Å². The number of likely N-dealkylation sites (N-methyl/N-ethyl adjacent to an activating group) is 1. The van der Waals surface area contributed by atoms with Crippen LogP contribution in [-0.4, -0.2) is 67.6 Å². The molecule has 1 aromatic heterocycles. The average Bonchev–Trinajstić information content (AvgIpc) is 3.16. The van der Waals surface area contributed by atoms with Gasteiger partial charge in [0.25, 0.3) is 0 Å². The lowest BCUT2D eigenvalue weighted by Crippen LogP contribution is -2.51. The molecule has 7 heteroatoms. The number of fused-ring (bicyclic) bond motifs is 1. The summed E-state index contributed by atoms with van der Waals surface area (Å²) >= 11 is 1.70. The third-order valence-electron chi connectivity index (χ3n) is 5.22. The Morgan fingerprint density at radius 1 is 1.10 bits per heavy atom. The highest BCUT2D eigenvalue weighted by atomic mass is 32.1. The van der Waals surface area contributed by atoms with E-state index < -0.39 is 0 Å². The summed E-state index contributed by atoms with van der Waals surface area (Å²) in [5.41, 5.74) is 2.20. The molecule has 2 aromatic carbocycles. The number of para-hydroxylation sites is 1. The Morgan fingerprint density at radius 3 is 2.52 bits per heavy atom. The monoisotopic (exact) mass is 410 g/mol. The highest BCUT2D eigenvalue weighted by Gasteiger charge is 2.22. The molecule has 29 heavy (non-hydrogen) atoms. The second-order valence-electron chi connectivity index (χ2n) is 7.31. The second kappa shape index (κ2) is 8.80. The Kier molecular flexibility index (Phi) is 5.97. The Hall–Kier alpha value is -2.64. The van der Waals surface area contributed by atoms with Crippen molar-refractivity contribution in [3.05, 3.63) is 53.5 Å². The molecular weight excluding hydrogens is 384 g/mol. The number of methoxy groups -OCH3 is 1. The lowest BCUT2D eigenvalue weighted by atomic mass is 10.2. The van der Waals surface area contributed by atoms with Gasteiger partial charge in [0, 0.05) is 31.9 Å².